The van der Waals surface area contributed by atoms with Gasteiger partial charge in [0.25, 0.3) is 5.91 Å². The first kappa shape index (κ1) is 21.1. The average molecular weight is 419 g/mol. The number of fused-ring (bicyclic) bond motifs is 1. The maximum atomic E-state index is 12.6. The topological polar surface area (TPSA) is 67.2 Å². The number of imidazole rings is 1. The van der Waals surface area contributed by atoms with Crippen molar-refractivity contribution >= 4 is 22.8 Å². The molecule has 0 saturated carbocycles. The van der Waals surface area contributed by atoms with Gasteiger partial charge in [-0.1, -0.05) is 29.8 Å². The van der Waals surface area contributed by atoms with E-state index in [-0.39, 0.29) is 11.8 Å². The van der Waals surface area contributed by atoms with E-state index >= 15 is 0 Å². The third-order valence-electron chi connectivity index (χ3n) is 6.30. The summed E-state index contributed by atoms with van der Waals surface area (Å²) >= 11 is 0. The second kappa shape index (κ2) is 9.33. The average Bonchev–Trinajstić information content (AvgIpc) is 3.12. The lowest BCUT2D eigenvalue weighted by atomic mass is 9.91. The van der Waals surface area contributed by atoms with Gasteiger partial charge in [-0.2, -0.15) is 0 Å². The van der Waals surface area contributed by atoms with Gasteiger partial charge in [0.15, 0.2) is 0 Å². The fourth-order valence-electron chi connectivity index (χ4n) is 4.26. The molecule has 1 aromatic heterocycles. The molecular formula is C25H30N4O2. The Labute approximate surface area is 183 Å². The van der Waals surface area contributed by atoms with Crippen LogP contribution in [0.1, 0.15) is 47.4 Å². The number of carbonyl (C=O) groups excluding carboxylic acids is 2. The molecule has 0 unspecified atom stereocenters. The fraction of sp³-hybridized carbons (Fsp3) is 0.400. The predicted octanol–water partition coefficient (Wildman–Crippen LogP) is 3.83. The number of hydrogen-bond acceptors (Lipinski definition) is 3. The van der Waals surface area contributed by atoms with Crippen molar-refractivity contribution in [1.82, 2.24) is 19.8 Å². The van der Waals surface area contributed by atoms with Gasteiger partial charge in [0.05, 0.1) is 17.6 Å². The van der Waals surface area contributed by atoms with Crippen molar-refractivity contribution in [2.75, 3.05) is 13.1 Å². The zero-order valence-electron chi connectivity index (χ0n) is 18.3. The van der Waals surface area contributed by atoms with Gasteiger partial charge >= 0.3 is 0 Å². The molecule has 31 heavy (non-hydrogen) atoms. The van der Waals surface area contributed by atoms with Crippen LogP contribution in [0.3, 0.4) is 0 Å². The zero-order chi connectivity index (χ0) is 21.8. The third-order valence-corrected chi connectivity index (χ3v) is 6.30. The fourth-order valence-corrected chi connectivity index (χ4v) is 4.26. The summed E-state index contributed by atoms with van der Waals surface area (Å²) < 4.78 is 2.02. The second-order valence-corrected chi connectivity index (χ2v) is 8.49. The van der Waals surface area contributed by atoms with E-state index in [1.54, 1.807) is 0 Å². The number of para-hydroxylation sites is 2. The number of aromatic nitrogens is 2. The minimum atomic E-state index is 0.0604. The molecule has 1 aliphatic heterocycles. The van der Waals surface area contributed by atoms with E-state index in [1.807, 2.05) is 72.0 Å². The molecule has 0 bridgehead atoms. The Kier molecular flexibility index (Phi) is 6.35. The molecule has 6 nitrogen and oxygen atoms in total. The summed E-state index contributed by atoms with van der Waals surface area (Å²) in [6.45, 7) is 3.99. The Morgan fingerprint density at radius 3 is 2.48 bits per heavy atom. The van der Waals surface area contributed by atoms with Crippen molar-refractivity contribution in [3.63, 3.8) is 0 Å². The van der Waals surface area contributed by atoms with Gasteiger partial charge in [-0.15, -0.1) is 0 Å². The SMILES string of the molecule is Cc1ccc(C(=O)N2CCC(CCC(=O)NCc3nc4ccccc4n3C)CC2)cc1. The third kappa shape index (κ3) is 4.95. The van der Waals surface area contributed by atoms with Crippen molar-refractivity contribution in [1.29, 1.82) is 0 Å². The van der Waals surface area contributed by atoms with Crippen LogP contribution in [0.2, 0.25) is 0 Å². The highest BCUT2D eigenvalue weighted by Gasteiger charge is 2.24. The molecule has 2 aromatic carbocycles. The lowest BCUT2D eigenvalue weighted by Crippen LogP contribution is -2.38. The van der Waals surface area contributed by atoms with Crippen molar-refractivity contribution in [2.24, 2.45) is 13.0 Å². The van der Waals surface area contributed by atoms with Gasteiger partial charge in [-0.05, 0) is 56.4 Å². The van der Waals surface area contributed by atoms with Gasteiger partial charge in [0, 0.05) is 32.1 Å². The Morgan fingerprint density at radius 1 is 1.06 bits per heavy atom. The Hall–Kier alpha value is -3.15. The first-order valence-corrected chi connectivity index (χ1v) is 11.0. The van der Waals surface area contributed by atoms with Crippen LogP contribution in [-0.4, -0.2) is 39.4 Å². The van der Waals surface area contributed by atoms with E-state index in [2.05, 4.69) is 10.3 Å². The molecule has 2 heterocycles. The Balaban J connectivity index is 1.20. The molecule has 162 valence electrons. The van der Waals surface area contributed by atoms with Crippen LogP contribution in [-0.2, 0) is 18.4 Å². The number of nitrogens with zero attached hydrogens (tertiary/aromatic N) is 3. The molecule has 0 spiro atoms. The van der Waals surface area contributed by atoms with Crippen LogP contribution in [0, 0.1) is 12.8 Å². The van der Waals surface area contributed by atoms with E-state index < -0.39 is 0 Å². The number of carbonyl (C=O) groups is 2. The number of benzene rings is 2. The molecular weight excluding hydrogens is 388 g/mol. The van der Waals surface area contributed by atoms with Crippen LogP contribution in [0.15, 0.2) is 48.5 Å². The highest BCUT2D eigenvalue weighted by atomic mass is 16.2. The number of hydrogen-bond donors (Lipinski definition) is 1. The van der Waals surface area contributed by atoms with Crippen LogP contribution in [0.4, 0.5) is 0 Å². The predicted molar refractivity (Wildman–Crippen MR) is 122 cm³/mol. The van der Waals surface area contributed by atoms with Gasteiger partial charge in [0.1, 0.15) is 5.82 Å². The van der Waals surface area contributed by atoms with Gasteiger partial charge in [-0.3, -0.25) is 9.59 Å². The summed E-state index contributed by atoms with van der Waals surface area (Å²) in [7, 11) is 1.97. The molecule has 1 fully saturated rings. The van der Waals surface area contributed by atoms with Crippen molar-refractivity contribution < 1.29 is 9.59 Å². The maximum Gasteiger partial charge on any atom is 0.253 e. The van der Waals surface area contributed by atoms with Crippen LogP contribution < -0.4 is 5.32 Å². The van der Waals surface area contributed by atoms with Gasteiger partial charge in [0.2, 0.25) is 5.91 Å². The highest BCUT2D eigenvalue weighted by Crippen LogP contribution is 2.23. The molecule has 4 rings (SSSR count). The summed E-state index contributed by atoms with van der Waals surface area (Å²) in [6, 6.07) is 15.7. The number of amides is 2. The summed E-state index contributed by atoms with van der Waals surface area (Å²) in [5.41, 5.74) is 3.93. The van der Waals surface area contributed by atoms with Crippen molar-refractivity contribution in [3.8, 4) is 0 Å². The van der Waals surface area contributed by atoms with E-state index in [9.17, 15) is 9.59 Å². The molecule has 1 aliphatic rings. The normalized spacial score (nSPS) is 14.7. The minimum Gasteiger partial charge on any atom is -0.349 e. The van der Waals surface area contributed by atoms with E-state index in [0.29, 0.717) is 18.9 Å². The number of aryl methyl sites for hydroxylation is 2. The van der Waals surface area contributed by atoms with Crippen molar-refractivity contribution in [3.05, 3.63) is 65.5 Å². The molecule has 0 aliphatic carbocycles. The molecule has 1 saturated heterocycles. The first-order valence-electron chi connectivity index (χ1n) is 11.0. The van der Waals surface area contributed by atoms with E-state index in [0.717, 1.165) is 60.3 Å². The molecule has 0 atom stereocenters. The Morgan fingerprint density at radius 2 is 1.77 bits per heavy atom. The van der Waals surface area contributed by atoms with E-state index in [4.69, 9.17) is 0 Å². The number of nitrogens with one attached hydrogen (secondary N) is 1. The number of likely N-dealkylation sites (tertiary alicyclic amines) is 1. The molecule has 0 radical (unpaired) electrons. The maximum absolute atomic E-state index is 12.6. The lowest BCUT2D eigenvalue weighted by molar-refractivity contribution is -0.121. The van der Waals surface area contributed by atoms with Gasteiger partial charge in [-0.25, -0.2) is 4.98 Å². The van der Waals surface area contributed by atoms with E-state index in [1.165, 1.54) is 0 Å². The summed E-state index contributed by atoms with van der Waals surface area (Å²) in [5.74, 6) is 1.52. The number of rotatable bonds is 6. The monoisotopic (exact) mass is 418 g/mol. The Bertz CT molecular complexity index is 1060. The van der Waals surface area contributed by atoms with Crippen molar-refractivity contribution in [2.45, 2.75) is 39.2 Å². The highest BCUT2D eigenvalue weighted by molar-refractivity contribution is 5.94. The minimum absolute atomic E-state index is 0.0604. The zero-order valence-corrected chi connectivity index (χ0v) is 18.3. The molecule has 1 N–H and O–H groups in total. The summed E-state index contributed by atoms with van der Waals surface area (Å²) in [5, 5.41) is 3.01. The standard InChI is InChI=1S/C25H30N4O2/c1-18-7-10-20(11-8-18)25(31)29-15-13-19(14-16-29)9-12-24(30)26-17-23-27-21-5-3-4-6-22(21)28(23)2/h3-8,10-11,19H,9,12-17H2,1-2H3,(H,26,30). The summed E-state index contributed by atoms with van der Waals surface area (Å²) in [6.07, 6.45) is 3.28. The lowest BCUT2D eigenvalue weighted by Gasteiger charge is -2.32. The molecule has 2 amide bonds. The number of piperidine rings is 1. The largest absolute Gasteiger partial charge is 0.349 e. The smallest absolute Gasteiger partial charge is 0.253 e. The summed E-state index contributed by atoms with van der Waals surface area (Å²) in [4.78, 5) is 31.5. The second-order valence-electron chi connectivity index (χ2n) is 8.49. The van der Waals surface area contributed by atoms with Crippen LogP contribution in [0.25, 0.3) is 11.0 Å². The van der Waals surface area contributed by atoms with Crippen LogP contribution in [0.5, 0.6) is 0 Å². The van der Waals surface area contributed by atoms with Crippen LogP contribution >= 0.6 is 0 Å². The van der Waals surface area contributed by atoms with Gasteiger partial charge < -0.3 is 14.8 Å². The molecule has 6 heteroatoms. The quantitative estimate of drug-likeness (QED) is 0.662. The molecule has 3 aromatic rings. The first-order chi connectivity index (χ1) is 15.0.